The van der Waals surface area contributed by atoms with Crippen molar-refractivity contribution in [2.75, 3.05) is 31.5 Å². The van der Waals surface area contributed by atoms with Crippen molar-refractivity contribution in [3.05, 3.63) is 48.1 Å². The minimum absolute atomic E-state index is 0.0217. The second-order valence-electron chi connectivity index (χ2n) is 8.64. The Balaban J connectivity index is 1.27. The summed E-state index contributed by atoms with van der Waals surface area (Å²) in [6.07, 6.45) is 7.42. The molecule has 8 nitrogen and oxygen atoms in total. The van der Waals surface area contributed by atoms with Crippen LogP contribution in [-0.2, 0) is 4.79 Å². The molecule has 2 fully saturated rings. The number of hydrogen-bond donors (Lipinski definition) is 1. The van der Waals surface area contributed by atoms with Crippen molar-refractivity contribution in [3.8, 4) is 11.4 Å². The predicted octanol–water partition coefficient (Wildman–Crippen LogP) is 3.99. The Morgan fingerprint density at radius 2 is 2.00 bits per heavy atom. The highest BCUT2D eigenvalue weighted by Crippen LogP contribution is 2.32. The molecule has 1 aliphatic heterocycles. The van der Waals surface area contributed by atoms with Gasteiger partial charge in [0.25, 0.3) is 0 Å². The number of benzene rings is 1. The molecule has 1 aliphatic carbocycles. The molecule has 1 saturated heterocycles. The van der Waals surface area contributed by atoms with Gasteiger partial charge in [0.15, 0.2) is 5.58 Å². The summed E-state index contributed by atoms with van der Waals surface area (Å²) in [6.45, 7) is 6.91. The first-order chi connectivity index (χ1) is 16.1. The van der Waals surface area contributed by atoms with Crippen LogP contribution in [0.1, 0.15) is 25.7 Å². The fourth-order valence-electron chi connectivity index (χ4n) is 4.91. The van der Waals surface area contributed by atoms with Crippen LogP contribution < -0.4 is 5.32 Å². The van der Waals surface area contributed by atoms with E-state index >= 15 is 0 Å². The van der Waals surface area contributed by atoms with Gasteiger partial charge in [-0.25, -0.2) is 9.97 Å². The second-order valence-corrected chi connectivity index (χ2v) is 9.05. The number of aromatic nitrogens is 3. The number of piperazine rings is 1. The highest BCUT2D eigenvalue weighted by molar-refractivity contribution is 6.33. The normalized spacial score (nSPS) is 21.8. The third-order valence-corrected chi connectivity index (χ3v) is 6.92. The van der Waals surface area contributed by atoms with Crippen LogP contribution >= 0.6 is 11.6 Å². The van der Waals surface area contributed by atoms with Crippen LogP contribution in [0.2, 0.25) is 5.02 Å². The topological polar surface area (TPSA) is 87.4 Å². The van der Waals surface area contributed by atoms with Crippen LogP contribution in [0.3, 0.4) is 0 Å². The highest BCUT2D eigenvalue weighted by Gasteiger charge is 2.30. The molecule has 0 spiro atoms. The number of hydrogen-bond acceptors (Lipinski definition) is 7. The lowest BCUT2D eigenvalue weighted by atomic mass is 9.89. The van der Waals surface area contributed by atoms with Crippen molar-refractivity contribution >= 4 is 34.4 Å². The van der Waals surface area contributed by atoms with Crippen LogP contribution in [0.5, 0.6) is 0 Å². The van der Waals surface area contributed by atoms with Crippen LogP contribution in [-0.4, -0.2) is 69.1 Å². The van der Waals surface area contributed by atoms with Gasteiger partial charge in [-0.05, 0) is 43.9 Å². The monoisotopic (exact) mass is 466 g/mol. The number of halogens is 1. The summed E-state index contributed by atoms with van der Waals surface area (Å²) >= 11 is 6.42. The average molecular weight is 467 g/mol. The van der Waals surface area contributed by atoms with Gasteiger partial charge in [-0.2, -0.15) is 0 Å². The van der Waals surface area contributed by atoms with Crippen LogP contribution in [0.15, 0.2) is 47.6 Å². The number of para-hydroxylation sites is 1. The quantitative estimate of drug-likeness (QED) is 0.569. The molecule has 3 aromatic rings. The Labute approximate surface area is 197 Å². The first-order valence-electron chi connectivity index (χ1n) is 11.4. The number of amides is 1. The first-order valence-corrected chi connectivity index (χ1v) is 11.8. The van der Waals surface area contributed by atoms with Gasteiger partial charge in [0.1, 0.15) is 11.4 Å². The van der Waals surface area contributed by atoms with Crippen LogP contribution in [0.4, 0.5) is 5.95 Å². The van der Waals surface area contributed by atoms with Gasteiger partial charge in [-0.1, -0.05) is 35.5 Å². The molecular weight excluding hydrogens is 440 g/mol. The lowest BCUT2D eigenvalue weighted by Crippen LogP contribution is -2.53. The summed E-state index contributed by atoms with van der Waals surface area (Å²) < 4.78 is 5.43. The number of nitrogens with one attached hydrogen (secondary N) is 1. The molecule has 5 rings (SSSR count). The predicted molar refractivity (Wildman–Crippen MR) is 128 cm³/mol. The number of anilines is 1. The smallest absolute Gasteiger partial charge is 0.246 e. The molecule has 3 heterocycles. The molecule has 33 heavy (non-hydrogen) atoms. The zero-order valence-corrected chi connectivity index (χ0v) is 19.2. The van der Waals surface area contributed by atoms with Crippen molar-refractivity contribution in [1.29, 1.82) is 0 Å². The molecule has 9 heteroatoms. The Morgan fingerprint density at radius 3 is 2.82 bits per heavy atom. The Bertz CT molecular complexity index is 1160. The van der Waals surface area contributed by atoms with Crippen LogP contribution in [0, 0.1) is 0 Å². The zero-order chi connectivity index (χ0) is 22.8. The highest BCUT2D eigenvalue weighted by atomic mass is 35.5. The van der Waals surface area contributed by atoms with E-state index in [2.05, 4.69) is 26.9 Å². The van der Waals surface area contributed by atoms with E-state index in [1.165, 1.54) is 12.5 Å². The van der Waals surface area contributed by atoms with Crippen molar-refractivity contribution in [2.45, 2.75) is 37.8 Å². The Hall–Kier alpha value is -2.97. The maximum atomic E-state index is 11.9. The minimum atomic E-state index is 0.0217. The molecule has 2 aromatic heterocycles. The van der Waals surface area contributed by atoms with Crippen LogP contribution in [0.25, 0.3) is 22.4 Å². The molecule has 2 aliphatic rings. The number of fused-ring (bicyclic) bond motifs is 1. The second kappa shape index (κ2) is 9.49. The standard InChI is InChI=1S/C24H27ClN6O2/c1-2-21(32)31-12-10-30(11-13-31)17-7-5-6-16(14-17)27-24-26-15-19(25)23(28-24)22-18-8-3-4-9-20(18)33-29-22/h2-4,8-9,15-17H,1,5-7,10-14H2,(H,26,27,28)/t16-,17+/m1/s1. The van der Waals surface area contributed by atoms with Gasteiger partial charge in [-0.15, -0.1) is 0 Å². The molecule has 0 unspecified atom stereocenters. The fourth-order valence-corrected chi connectivity index (χ4v) is 5.09. The third kappa shape index (κ3) is 4.58. The summed E-state index contributed by atoms with van der Waals surface area (Å²) in [6, 6.07) is 8.42. The summed E-state index contributed by atoms with van der Waals surface area (Å²) in [4.78, 5) is 25.4. The molecule has 172 valence electrons. The van der Waals surface area contributed by atoms with E-state index in [1.54, 1.807) is 6.20 Å². The van der Waals surface area contributed by atoms with Gasteiger partial charge in [-0.3, -0.25) is 9.69 Å². The molecule has 2 atom stereocenters. The van der Waals surface area contributed by atoms with Crippen molar-refractivity contribution < 1.29 is 9.32 Å². The number of carbonyl (C=O) groups is 1. The lowest BCUT2D eigenvalue weighted by Gasteiger charge is -2.42. The Kier molecular flexibility index (Phi) is 6.28. The van der Waals surface area contributed by atoms with E-state index in [1.807, 2.05) is 29.2 Å². The number of nitrogens with zero attached hydrogens (tertiary/aromatic N) is 5. The van der Waals surface area contributed by atoms with E-state index in [4.69, 9.17) is 21.1 Å². The Morgan fingerprint density at radius 1 is 1.18 bits per heavy atom. The van der Waals surface area contributed by atoms with E-state index in [0.717, 1.165) is 50.8 Å². The van der Waals surface area contributed by atoms with E-state index < -0.39 is 0 Å². The zero-order valence-electron chi connectivity index (χ0n) is 18.4. The fraction of sp³-hybridized carbons (Fsp3) is 0.417. The first kappa shape index (κ1) is 21.9. The third-order valence-electron chi connectivity index (χ3n) is 6.64. The molecule has 1 N–H and O–H groups in total. The van der Waals surface area contributed by atoms with Crippen molar-refractivity contribution in [1.82, 2.24) is 24.9 Å². The van der Waals surface area contributed by atoms with E-state index in [0.29, 0.717) is 34.0 Å². The average Bonchev–Trinajstić information content (AvgIpc) is 3.29. The summed E-state index contributed by atoms with van der Waals surface area (Å²) in [5.41, 5.74) is 1.88. The van der Waals surface area contributed by atoms with Gasteiger partial charge < -0.3 is 14.7 Å². The summed E-state index contributed by atoms with van der Waals surface area (Å²) in [5.74, 6) is 0.571. The molecular formula is C24H27ClN6O2. The summed E-state index contributed by atoms with van der Waals surface area (Å²) in [5, 5.41) is 9.02. The van der Waals surface area contributed by atoms with Gasteiger partial charge >= 0.3 is 0 Å². The molecule has 1 saturated carbocycles. The van der Waals surface area contributed by atoms with Crippen molar-refractivity contribution in [2.24, 2.45) is 0 Å². The minimum Gasteiger partial charge on any atom is -0.356 e. The molecule has 0 radical (unpaired) electrons. The lowest BCUT2D eigenvalue weighted by molar-refractivity contribution is -0.128. The number of carbonyl (C=O) groups excluding carboxylic acids is 1. The van der Waals surface area contributed by atoms with E-state index in [-0.39, 0.29) is 11.9 Å². The summed E-state index contributed by atoms with van der Waals surface area (Å²) in [7, 11) is 0. The van der Waals surface area contributed by atoms with Crippen molar-refractivity contribution in [3.63, 3.8) is 0 Å². The molecule has 1 aromatic carbocycles. The molecule has 0 bridgehead atoms. The largest absolute Gasteiger partial charge is 0.356 e. The van der Waals surface area contributed by atoms with Gasteiger partial charge in [0, 0.05) is 38.3 Å². The van der Waals surface area contributed by atoms with Gasteiger partial charge in [0.2, 0.25) is 11.9 Å². The maximum Gasteiger partial charge on any atom is 0.246 e. The number of rotatable bonds is 5. The SMILES string of the molecule is C=CC(=O)N1CCN([C@H]2CCC[C@@H](Nc3ncc(Cl)c(-c4noc5ccccc45)n3)C2)CC1. The van der Waals surface area contributed by atoms with E-state index in [9.17, 15) is 4.79 Å². The van der Waals surface area contributed by atoms with Gasteiger partial charge in [0.05, 0.1) is 16.6 Å². The molecule has 1 amide bonds. The maximum absolute atomic E-state index is 11.9.